The Balaban J connectivity index is -0.000000180. The second-order valence-electron chi connectivity index (χ2n) is 2.94. The Labute approximate surface area is 123 Å². The molecule has 0 spiro atoms. The normalized spacial score (nSPS) is 13.2. The minimum atomic E-state index is -0.569. The Morgan fingerprint density at radius 1 is 0.867 bits per heavy atom. The molecule has 0 saturated carbocycles. The van der Waals surface area contributed by atoms with Crippen molar-refractivity contribution in [2.75, 3.05) is 26.4 Å². The van der Waals surface area contributed by atoms with Crippen LogP contribution in [0.5, 0.6) is 0 Å². The molecule has 0 rings (SSSR count). The van der Waals surface area contributed by atoms with Crippen LogP contribution in [0.1, 0.15) is 27.7 Å². The van der Waals surface area contributed by atoms with Gasteiger partial charge in [0.25, 0.3) is 0 Å². The first-order chi connectivity index (χ1) is 6.54. The molecule has 0 aromatic rings. The minimum absolute atomic E-state index is 0. The van der Waals surface area contributed by atoms with Crippen LogP contribution >= 0.6 is 0 Å². The van der Waals surface area contributed by atoms with Gasteiger partial charge in [-0.05, 0) is 13.8 Å². The summed E-state index contributed by atoms with van der Waals surface area (Å²) < 4.78 is 9.56. The maximum Gasteiger partial charge on any atom is 2.00 e. The third-order valence-corrected chi connectivity index (χ3v) is 1.11. The van der Waals surface area contributed by atoms with Gasteiger partial charge in [0.2, 0.25) is 0 Å². The Morgan fingerprint density at radius 3 is 1.20 bits per heavy atom. The van der Waals surface area contributed by atoms with Crippen LogP contribution in [0.4, 0.5) is 0 Å². The molecule has 0 radical (unpaired) electrons. The number of hydrogen-bond acceptors (Lipinski definition) is 4. The summed E-state index contributed by atoms with van der Waals surface area (Å²) >= 11 is 0. The Kier molecular flexibility index (Phi) is 24.9. The largest absolute Gasteiger partial charge is 2.00 e. The van der Waals surface area contributed by atoms with Crippen molar-refractivity contribution in [2.24, 2.45) is 0 Å². The van der Waals surface area contributed by atoms with Crippen molar-refractivity contribution >= 4 is 37.7 Å². The molecule has 0 bridgehead atoms. The van der Waals surface area contributed by atoms with E-state index in [1.54, 1.807) is 13.8 Å². The van der Waals surface area contributed by atoms with Gasteiger partial charge < -0.3 is 19.7 Å². The monoisotopic (exact) mass is 246 g/mol. The summed E-state index contributed by atoms with van der Waals surface area (Å²) in [6.45, 7) is 8.92. The number of ether oxygens (including phenoxy) is 2. The molecule has 0 N–H and O–H groups in total. The average Bonchev–Trinajstić information content (AvgIpc) is 2.12. The first-order valence-corrected chi connectivity index (χ1v) is 5.01. The molecule has 0 aromatic carbocycles. The summed E-state index contributed by atoms with van der Waals surface area (Å²) in [6.07, 6.45) is -1.14. The van der Waals surface area contributed by atoms with Crippen LogP contribution in [0.3, 0.4) is 0 Å². The molecule has 2 atom stereocenters. The van der Waals surface area contributed by atoms with Gasteiger partial charge in [0.15, 0.2) is 0 Å². The maximum atomic E-state index is 10.2. The predicted molar refractivity (Wildman–Crippen MR) is 57.7 cm³/mol. The summed E-state index contributed by atoms with van der Waals surface area (Å²) in [5.74, 6) is 0. The van der Waals surface area contributed by atoms with Crippen LogP contribution in [0, 0.1) is 0 Å². The molecule has 0 saturated heterocycles. The van der Waals surface area contributed by atoms with Crippen molar-refractivity contribution in [2.45, 2.75) is 39.9 Å². The molecule has 0 aromatic heterocycles. The molecular formula is C10H22CaO4. The number of rotatable bonds is 6. The van der Waals surface area contributed by atoms with Gasteiger partial charge in [0.05, 0.1) is 0 Å². The SMILES string of the molecule is CCOCC(C)[O-].CCOCC(C)[O-].[Ca+2]. The molecule has 2 unspecified atom stereocenters. The van der Waals surface area contributed by atoms with Crippen LogP contribution in [-0.4, -0.2) is 76.4 Å². The van der Waals surface area contributed by atoms with Crippen molar-refractivity contribution < 1.29 is 19.7 Å². The van der Waals surface area contributed by atoms with E-state index >= 15 is 0 Å². The van der Waals surface area contributed by atoms with Crippen LogP contribution in [0.15, 0.2) is 0 Å². The van der Waals surface area contributed by atoms with E-state index in [0.29, 0.717) is 26.4 Å². The van der Waals surface area contributed by atoms with E-state index in [-0.39, 0.29) is 37.7 Å². The van der Waals surface area contributed by atoms with Gasteiger partial charge in [-0.1, -0.05) is 13.8 Å². The smallest absolute Gasteiger partial charge is 0.851 e. The fraction of sp³-hybridized carbons (Fsp3) is 1.00. The van der Waals surface area contributed by atoms with E-state index in [4.69, 9.17) is 9.47 Å². The summed E-state index contributed by atoms with van der Waals surface area (Å²) in [5.41, 5.74) is 0. The Bertz CT molecular complexity index is 87.4. The van der Waals surface area contributed by atoms with Crippen molar-refractivity contribution in [3.8, 4) is 0 Å². The molecule has 4 nitrogen and oxygen atoms in total. The van der Waals surface area contributed by atoms with Gasteiger partial charge >= 0.3 is 37.7 Å². The first-order valence-electron chi connectivity index (χ1n) is 5.01. The van der Waals surface area contributed by atoms with Crippen LogP contribution < -0.4 is 10.2 Å². The zero-order valence-electron chi connectivity index (χ0n) is 10.3. The summed E-state index contributed by atoms with van der Waals surface area (Å²) in [6, 6.07) is 0. The van der Waals surface area contributed by atoms with Crippen molar-refractivity contribution in [3.63, 3.8) is 0 Å². The quantitative estimate of drug-likeness (QED) is 0.573. The van der Waals surface area contributed by atoms with Gasteiger partial charge in [0, 0.05) is 26.4 Å². The molecule has 88 valence electrons. The Morgan fingerprint density at radius 2 is 1.13 bits per heavy atom. The van der Waals surface area contributed by atoms with Gasteiger partial charge in [-0.3, -0.25) is 0 Å². The molecule has 0 fully saturated rings. The zero-order valence-corrected chi connectivity index (χ0v) is 12.5. The van der Waals surface area contributed by atoms with Crippen molar-refractivity contribution in [1.82, 2.24) is 0 Å². The molecular weight excluding hydrogens is 224 g/mol. The standard InChI is InChI=1S/2C5H11O2.Ca/c2*1-3-7-4-5(2)6;/h2*5H,3-4H2,1-2H3;/q2*-1;+2. The van der Waals surface area contributed by atoms with Gasteiger partial charge in [0.1, 0.15) is 0 Å². The molecule has 0 amide bonds. The molecule has 0 aliphatic carbocycles. The van der Waals surface area contributed by atoms with Gasteiger partial charge in [-0.2, -0.15) is 0 Å². The van der Waals surface area contributed by atoms with Crippen molar-refractivity contribution in [1.29, 1.82) is 0 Å². The third kappa shape index (κ3) is 31.3. The molecule has 15 heavy (non-hydrogen) atoms. The molecule has 5 heteroatoms. The van der Waals surface area contributed by atoms with Gasteiger partial charge in [-0.15, -0.1) is 12.2 Å². The van der Waals surface area contributed by atoms with E-state index in [1.807, 2.05) is 13.8 Å². The first kappa shape index (κ1) is 21.4. The molecule has 0 aliphatic heterocycles. The number of hydrogen-bond donors (Lipinski definition) is 0. The second-order valence-corrected chi connectivity index (χ2v) is 2.94. The fourth-order valence-corrected chi connectivity index (χ4v) is 0.568. The maximum absolute atomic E-state index is 10.2. The van der Waals surface area contributed by atoms with Crippen LogP contribution in [0.25, 0.3) is 0 Å². The van der Waals surface area contributed by atoms with Crippen LogP contribution in [-0.2, 0) is 9.47 Å². The fourth-order valence-electron chi connectivity index (χ4n) is 0.568. The van der Waals surface area contributed by atoms with Crippen LogP contribution in [0.2, 0.25) is 0 Å². The molecule has 0 heterocycles. The topological polar surface area (TPSA) is 64.6 Å². The van der Waals surface area contributed by atoms with Gasteiger partial charge in [-0.25, -0.2) is 0 Å². The van der Waals surface area contributed by atoms with Crippen molar-refractivity contribution in [3.05, 3.63) is 0 Å². The summed E-state index contributed by atoms with van der Waals surface area (Å²) in [4.78, 5) is 0. The summed E-state index contributed by atoms with van der Waals surface area (Å²) in [7, 11) is 0. The van der Waals surface area contributed by atoms with E-state index in [1.165, 1.54) is 0 Å². The Hall–Kier alpha value is 1.10. The van der Waals surface area contributed by atoms with E-state index in [0.717, 1.165) is 0 Å². The second kappa shape index (κ2) is 17.5. The van der Waals surface area contributed by atoms with E-state index < -0.39 is 12.2 Å². The third-order valence-electron chi connectivity index (χ3n) is 1.11. The zero-order chi connectivity index (χ0) is 11.4. The summed E-state index contributed by atoms with van der Waals surface area (Å²) in [5, 5.41) is 20.3. The predicted octanol–water partition coefficient (Wildman–Crippen LogP) is -0.837. The van der Waals surface area contributed by atoms with E-state index in [2.05, 4.69) is 0 Å². The van der Waals surface area contributed by atoms with E-state index in [9.17, 15) is 10.2 Å². The average molecular weight is 246 g/mol. The minimum Gasteiger partial charge on any atom is -0.851 e. The molecule has 0 aliphatic rings.